The second kappa shape index (κ2) is 9.32. The van der Waals surface area contributed by atoms with Crippen LogP contribution in [0.4, 0.5) is 0 Å². The summed E-state index contributed by atoms with van der Waals surface area (Å²) in [6, 6.07) is 18.4. The molecule has 1 aliphatic carbocycles. The highest BCUT2D eigenvalue weighted by Crippen LogP contribution is 2.37. The van der Waals surface area contributed by atoms with Crippen molar-refractivity contribution in [3.05, 3.63) is 65.7 Å². The predicted octanol–water partition coefficient (Wildman–Crippen LogP) is 5.03. The first-order valence-electron chi connectivity index (χ1n) is 11.4. The van der Waals surface area contributed by atoms with Gasteiger partial charge in [-0.15, -0.1) is 0 Å². The number of hydrogen-bond acceptors (Lipinski definition) is 3. The van der Waals surface area contributed by atoms with Crippen LogP contribution in [0, 0.1) is 11.8 Å². The fourth-order valence-corrected chi connectivity index (χ4v) is 5.27. The SMILES string of the molecule is CCOc1ccc([C@@](O)(CCN2CC[C@@H]3CC[C@@H](C3)C2)Cc2ccccc2)cc1. The largest absolute Gasteiger partial charge is 0.494 e. The van der Waals surface area contributed by atoms with Crippen LogP contribution in [0.25, 0.3) is 0 Å². The maximum absolute atomic E-state index is 11.8. The molecule has 0 spiro atoms. The van der Waals surface area contributed by atoms with E-state index >= 15 is 0 Å². The number of benzene rings is 2. The van der Waals surface area contributed by atoms with Crippen LogP contribution in [-0.2, 0) is 12.0 Å². The van der Waals surface area contributed by atoms with E-state index in [1.54, 1.807) is 0 Å². The zero-order chi connectivity index (χ0) is 20.1. The molecule has 3 heteroatoms. The summed E-state index contributed by atoms with van der Waals surface area (Å²) in [5.74, 6) is 2.68. The fourth-order valence-electron chi connectivity index (χ4n) is 5.27. The monoisotopic (exact) mass is 393 g/mol. The molecule has 1 N–H and O–H groups in total. The topological polar surface area (TPSA) is 32.7 Å². The number of rotatable bonds is 8. The molecule has 2 aromatic carbocycles. The minimum absolute atomic E-state index is 0.641. The van der Waals surface area contributed by atoms with Crippen molar-refractivity contribution in [2.24, 2.45) is 11.8 Å². The van der Waals surface area contributed by atoms with E-state index in [4.69, 9.17) is 4.74 Å². The summed E-state index contributed by atoms with van der Waals surface area (Å²) in [5.41, 5.74) is 1.30. The van der Waals surface area contributed by atoms with Gasteiger partial charge in [0, 0.05) is 19.5 Å². The molecular formula is C26H35NO2. The Kier molecular flexibility index (Phi) is 6.56. The molecule has 2 fully saturated rings. The molecule has 156 valence electrons. The first-order valence-corrected chi connectivity index (χ1v) is 11.4. The highest BCUT2D eigenvalue weighted by molar-refractivity contribution is 5.32. The predicted molar refractivity (Wildman–Crippen MR) is 118 cm³/mol. The van der Waals surface area contributed by atoms with Gasteiger partial charge in [0.15, 0.2) is 0 Å². The van der Waals surface area contributed by atoms with Gasteiger partial charge in [-0.2, -0.15) is 0 Å². The van der Waals surface area contributed by atoms with Gasteiger partial charge in [0.2, 0.25) is 0 Å². The summed E-state index contributed by atoms with van der Waals surface area (Å²) in [5, 5.41) is 11.8. The molecule has 2 aliphatic rings. The van der Waals surface area contributed by atoms with Crippen LogP contribution in [0.1, 0.15) is 50.2 Å². The van der Waals surface area contributed by atoms with Crippen LogP contribution >= 0.6 is 0 Å². The van der Waals surface area contributed by atoms with Gasteiger partial charge in [0.05, 0.1) is 12.2 Å². The van der Waals surface area contributed by atoms with Crippen LogP contribution in [-0.4, -0.2) is 36.2 Å². The van der Waals surface area contributed by atoms with Crippen LogP contribution in [0.5, 0.6) is 5.75 Å². The smallest absolute Gasteiger partial charge is 0.119 e. The van der Waals surface area contributed by atoms with E-state index < -0.39 is 5.60 Å². The maximum atomic E-state index is 11.8. The highest BCUT2D eigenvalue weighted by Gasteiger charge is 2.33. The van der Waals surface area contributed by atoms with Crippen molar-refractivity contribution < 1.29 is 9.84 Å². The second-order valence-corrected chi connectivity index (χ2v) is 9.04. The molecule has 0 amide bonds. The third-order valence-corrected chi connectivity index (χ3v) is 6.90. The summed E-state index contributed by atoms with van der Waals surface area (Å²) in [7, 11) is 0. The molecule has 29 heavy (non-hydrogen) atoms. The van der Waals surface area contributed by atoms with Crippen molar-refractivity contribution >= 4 is 0 Å². The average molecular weight is 394 g/mol. The molecule has 1 saturated carbocycles. The van der Waals surface area contributed by atoms with Gasteiger partial charge in [0.1, 0.15) is 5.75 Å². The van der Waals surface area contributed by atoms with Crippen LogP contribution < -0.4 is 4.74 Å². The molecule has 0 unspecified atom stereocenters. The number of likely N-dealkylation sites (tertiary alicyclic amines) is 1. The third-order valence-electron chi connectivity index (χ3n) is 6.90. The Morgan fingerprint density at radius 3 is 2.52 bits per heavy atom. The van der Waals surface area contributed by atoms with E-state index in [1.807, 2.05) is 37.3 Å². The van der Waals surface area contributed by atoms with Crippen LogP contribution in [0.3, 0.4) is 0 Å². The van der Waals surface area contributed by atoms with Crippen molar-refractivity contribution in [2.45, 2.75) is 51.0 Å². The molecule has 3 nitrogen and oxygen atoms in total. The molecule has 4 rings (SSSR count). The maximum Gasteiger partial charge on any atom is 0.119 e. The molecule has 1 heterocycles. The van der Waals surface area contributed by atoms with Gasteiger partial charge in [-0.1, -0.05) is 48.9 Å². The molecule has 0 radical (unpaired) electrons. The number of hydrogen-bond donors (Lipinski definition) is 1. The van der Waals surface area contributed by atoms with E-state index in [9.17, 15) is 5.11 Å². The summed E-state index contributed by atoms with van der Waals surface area (Å²) < 4.78 is 5.60. The molecule has 1 aliphatic heterocycles. The Labute approximate surface area is 175 Å². The Morgan fingerprint density at radius 1 is 1.00 bits per heavy atom. The van der Waals surface area contributed by atoms with Crippen molar-refractivity contribution in [3.63, 3.8) is 0 Å². The Balaban J connectivity index is 1.49. The number of aliphatic hydroxyl groups is 1. The summed E-state index contributed by atoms with van der Waals surface area (Å²) >= 11 is 0. The Hall–Kier alpha value is -1.84. The molecule has 3 atom stereocenters. The quantitative estimate of drug-likeness (QED) is 0.683. The van der Waals surface area contributed by atoms with E-state index in [-0.39, 0.29) is 0 Å². The average Bonchev–Trinajstić information content (AvgIpc) is 3.08. The van der Waals surface area contributed by atoms with Crippen molar-refractivity contribution in [2.75, 3.05) is 26.2 Å². The van der Waals surface area contributed by atoms with Gasteiger partial charge >= 0.3 is 0 Å². The number of ether oxygens (including phenoxy) is 1. The van der Waals surface area contributed by atoms with E-state index in [0.29, 0.717) is 13.0 Å². The van der Waals surface area contributed by atoms with Crippen molar-refractivity contribution in [3.8, 4) is 5.75 Å². The molecular weight excluding hydrogens is 358 g/mol. The minimum Gasteiger partial charge on any atom is -0.494 e. The first kappa shape index (κ1) is 20.4. The van der Waals surface area contributed by atoms with Crippen LogP contribution in [0.15, 0.2) is 54.6 Å². The van der Waals surface area contributed by atoms with Gasteiger partial charge in [0.25, 0.3) is 0 Å². The molecule has 2 aromatic rings. The van der Waals surface area contributed by atoms with Gasteiger partial charge in [-0.05, 0) is 74.2 Å². The van der Waals surface area contributed by atoms with Gasteiger partial charge < -0.3 is 14.7 Å². The summed E-state index contributed by atoms with van der Waals surface area (Å²) in [4.78, 5) is 2.61. The van der Waals surface area contributed by atoms with E-state index in [1.165, 1.54) is 44.3 Å². The van der Waals surface area contributed by atoms with Gasteiger partial charge in [-0.25, -0.2) is 0 Å². The number of nitrogens with zero attached hydrogens (tertiary/aromatic N) is 1. The zero-order valence-electron chi connectivity index (χ0n) is 17.7. The molecule has 1 saturated heterocycles. The lowest BCUT2D eigenvalue weighted by Gasteiger charge is -2.33. The first-order chi connectivity index (χ1) is 14.1. The van der Waals surface area contributed by atoms with Crippen molar-refractivity contribution in [1.82, 2.24) is 4.90 Å². The molecule has 0 aromatic heterocycles. The highest BCUT2D eigenvalue weighted by atomic mass is 16.5. The standard InChI is InChI=1S/C26H35NO2/c1-2-29-25-12-10-24(11-13-25)26(28,19-22-6-4-3-5-7-22)15-17-27-16-14-21-8-9-23(18-21)20-27/h3-7,10-13,21,23,28H,2,8-9,14-20H2,1H3/t21-,23-,26+/m0/s1. The van der Waals surface area contributed by atoms with Gasteiger partial charge in [-0.3, -0.25) is 0 Å². The fraction of sp³-hybridized carbons (Fsp3) is 0.538. The minimum atomic E-state index is -0.864. The summed E-state index contributed by atoms with van der Waals surface area (Å²) in [6.07, 6.45) is 6.98. The summed E-state index contributed by atoms with van der Waals surface area (Å²) in [6.45, 7) is 6.01. The van der Waals surface area contributed by atoms with Crippen LogP contribution in [0.2, 0.25) is 0 Å². The zero-order valence-corrected chi connectivity index (χ0v) is 17.7. The normalized spacial score (nSPS) is 24.1. The Bertz CT molecular complexity index is 760. The van der Waals surface area contributed by atoms with E-state index in [0.717, 1.165) is 36.1 Å². The second-order valence-electron chi connectivity index (χ2n) is 9.04. The third kappa shape index (κ3) is 5.21. The lowest BCUT2D eigenvalue weighted by Crippen LogP contribution is -2.37. The Morgan fingerprint density at radius 2 is 1.76 bits per heavy atom. The number of fused-ring (bicyclic) bond motifs is 2. The lowest BCUT2D eigenvalue weighted by molar-refractivity contribution is 0.0160. The lowest BCUT2D eigenvalue weighted by atomic mass is 9.84. The van der Waals surface area contributed by atoms with Crippen molar-refractivity contribution in [1.29, 1.82) is 0 Å². The van der Waals surface area contributed by atoms with E-state index in [2.05, 4.69) is 29.2 Å². The molecule has 2 bridgehead atoms.